The number of nitrogens with two attached hydrogens (primary N) is 1. The zero-order valence-corrected chi connectivity index (χ0v) is 20.5. The van der Waals surface area contributed by atoms with E-state index in [9.17, 15) is 4.79 Å². The van der Waals surface area contributed by atoms with Crippen molar-refractivity contribution in [1.82, 2.24) is 19.9 Å². The number of piperidine rings is 1. The molecule has 2 saturated heterocycles. The summed E-state index contributed by atoms with van der Waals surface area (Å²) in [4.78, 5) is 35.7. The van der Waals surface area contributed by atoms with Gasteiger partial charge in [-0.05, 0) is 37.5 Å². The number of hydrogen-bond donors (Lipinski definition) is 2. The molecule has 0 unspecified atom stereocenters. The number of rotatable bonds is 5. The average molecular weight is 507 g/mol. The van der Waals surface area contributed by atoms with Crippen molar-refractivity contribution >= 4 is 50.0 Å². The number of thiazole rings is 1. The fraction of sp³-hybridized carbons (Fsp3) is 0.375. The highest BCUT2D eigenvalue weighted by molar-refractivity contribution is 7.22. The van der Waals surface area contributed by atoms with Crippen LogP contribution in [0.3, 0.4) is 0 Å². The number of pyridine rings is 2. The van der Waals surface area contributed by atoms with Gasteiger partial charge in [0.25, 0.3) is 5.91 Å². The van der Waals surface area contributed by atoms with Crippen LogP contribution in [0.4, 0.5) is 22.5 Å². The van der Waals surface area contributed by atoms with Crippen LogP contribution in [0.5, 0.6) is 0 Å². The molecule has 1 amide bonds. The number of nitrogens with one attached hydrogen (secondary N) is 1. The van der Waals surface area contributed by atoms with Crippen LogP contribution in [0.15, 0.2) is 35.1 Å². The smallest absolute Gasteiger partial charge is 0.277 e. The van der Waals surface area contributed by atoms with E-state index in [1.807, 2.05) is 6.07 Å². The third-order valence-electron chi connectivity index (χ3n) is 6.30. The molecular formula is C24H26N8O3S. The number of amides is 1. The minimum atomic E-state index is -0.371. The van der Waals surface area contributed by atoms with Crippen molar-refractivity contribution in [1.29, 1.82) is 0 Å². The zero-order chi connectivity index (χ0) is 24.5. The van der Waals surface area contributed by atoms with Gasteiger partial charge in [0.2, 0.25) is 5.89 Å². The average Bonchev–Trinajstić information content (AvgIpc) is 3.57. The van der Waals surface area contributed by atoms with Crippen LogP contribution in [0.25, 0.3) is 21.8 Å². The normalized spacial score (nSPS) is 16.4. The van der Waals surface area contributed by atoms with Crippen molar-refractivity contribution in [3.05, 3.63) is 36.4 Å². The predicted octanol–water partition coefficient (Wildman–Crippen LogP) is 3.40. The second kappa shape index (κ2) is 9.70. The quantitative estimate of drug-likeness (QED) is 0.414. The molecule has 2 aliphatic heterocycles. The van der Waals surface area contributed by atoms with Gasteiger partial charge in [0, 0.05) is 37.9 Å². The molecule has 0 aliphatic carbocycles. The molecule has 0 radical (unpaired) electrons. The Kier molecular flexibility index (Phi) is 6.11. The summed E-state index contributed by atoms with van der Waals surface area (Å²) in [5.74, 6) is 1.02. The largest absolute Gasteiger partial charge is 0.444 e. The Morgan fingerprint density at radius 1 is 1.03 bits per heavy atom. The van der Waals surface area contributed by atoms with Gasteiger partial charge in [0.1, 0.15) is 12.1 Å². The lowest BCUT2D eigenvalue weighted by Crippen LogP contribution is -2.36. The van der Waals surface area contributed by atoms with E-state index in [-0.39, 0.29) is 11.6 Å². The molecule has 11 nitrogen and oxygen atoms in total. The summed E-state index contributed by atoms with van der Waals surface area (Å²) in [5.41, 5.74) is 7.92. The highest BCUT2D eigenvalue weighted by Crippen LogP contribution is 2.35. The van der Waals surface area contributed by atoms with E-state index < -0.39 is 0 Å². The lowest BCUT2D eigenvalue weighted by molar-refractivity contribution is 0.102. The second-order valence-electron chi connectivity index (χ2n) is 8.79. The number of oxazole rings is 1. The number of ether oxygens (including phenoxy) is 1. The first kappa shape index (κ1) is 22.7. The number of hydrogen-bond acceptors (Lipinski definition) is 11. The Labute approximate surface area is 211 Å². The van der Waals surface area contributed by atoms with Crippen LogP contribution in [-0.4, -0.2) is 65.2 Å². The Balaban J connectivity index is 1.31. The van der Waals surface area contributed by atoms with E-state index in [2.05, 4.69) is 25.1 Å². The highest BCUT2D eigenvalue weighted by atomic mass is 32.1. The maximum Gasteiger partial charge on any atom is 0.277 e. The molecule has 2 aliphatic rings. The lowest BCUT2D eigenvalue weighted by Gasteiger charge is -2.29. The first-order valence-corrected chi connectivity index (χ1v) is 12.8. The SMILES string of the molecule is Nc1cc(-c2nc(C(=O)Nc3cc4sc(N5CCOCC5)nc4nc3N3CCCCC3)co2)ccn1. The van der Waals surface area contributed by atoms with Crippen LogP contribution >= 0.6 is 11.3 Å². The van der Waals surface area contributed by atoms with Crippen molar-refractivity contribution in [2.45, 2.75) is 19.3 Å². The molecule has 12 heteroatoms. The number of aromatic nitrogens is 4. The fourth-order valence-corrected chi connectivity index (χ4v) is 5.45. The van der Waals surface area contributed by atoms with Gasteiger partial charge in [-0.15, -0.1) is 0 Å². The van der Waals surface area contributed by atoms with E-state index in [1.54, 1.807) is 29.7 Å². The zero-order valence-electron chi connectivity index (χ0n) is 19.6. The van der Waals surface area contributed by atoms with Crippen molar-refractivity contribution in [3.8, 4) is 11.5 Å². The van der Waals surface area contributed by atoms with Crippen LogP contribution in [0.2, 0.25) is 0 Å². The summed E-state index contributed by atoms with van der Waals surface area (Å²) in [5, 5.41) is 3.95. The van der Waals surface area contributed by atoms with E-state index in [0.29, 0.717) is 41.8 Å². The topological polar surface area (TPSA) is 136 Å². The number of morpholine rings is 1. The first-order chi connectivity index (χ1) is 17.6. The van der Waals surface area contributed by atoms with Crippen LogP contribution in [-0.2, 0) is 4.74 Å². The van der Waals surface area contributed by atoms with E-state index in [4.69, 9.17) is 24.9 Å². The number of carbonyl (C=O) groups excluding carboxylic acids is 1. The van der Waals surface area contributed by atoms with Gasteiger partial charge in [-0.25, -0.2) is 15.0 Å². The van der Waals surface area contributed by atoms with Gasteiger partial charge in [0.15, 0.2) is 22.3 Å². The predicted molar refractivity (Wildman–Crippen MR) is 139 cm³/mol. The van der Waals surface area contributed by atoms with Crippen molar-refractivity contribution in [2.75, 3.05) is 60.2 Å². The summed E-state index contributed by atoms with van der Waals surface area (Å²) < 4.78 is 11.9. The Bertz CT molecular complexity index is 1390. The molecular weight excluding hydrogens is 480 g/mol. The number of carbonyl (C=O) groups is 1. The number of anilines is 4. The standard InChI is InChI=1S/C24H26N8O3S/c25-19-12-15(4-5-26-19)23-28-17(14-35-23)22(33)27-16-13-18-20(29-21(16)31-6-2-1-3-7-31)30-24(36-18)32-8-10-34-11-9-32/h4-5,12-14H,1-3,6-11H2,(H2,25,26)(H,27,33). The minimum Gasteiger partial charge on any atom is -0.444 e. The molecule has 6 rings (SSSR count). The van der Waals surface area contributed by atoms with Crippen molar-refractivity contribution in [2.24, 2.45) is 0 Å². The van der Waals surface area contributed by atoms with Crippen LogP contribution in [0, 0.1) is 0 Å². The molecule has 0 aromatic carbocycles. The molecule has 4 aromatic heterocycles. The molecule has 4 aromatic rings. The fourth-order valence-electron chi connectivity index (χ4n) is 4.45. The minimum absolute atomic E-state index is 0.170. The molecule has 3 N–H and O–H groups in total. The van der Waals surface area contributed by atoms with Gasteiger partial charge >= 0.3 is 0 Å². The third-order valence-corrected chi connectivity index (χ3v) is 7.35. The van der Waals surface area contributed by atoms with Gasteiger partial charge < -0.3 is 30.0 Å². The Morgan fingerprint density at radius 3 is 2.67 bits per heavy atom. The van der Waals surface area contributed by atoms with Gasteiger partial charge in [-0.3, -0.25) is 4.79 Å². The van der Waals surface area contributed by atoms with Crippen molar-refractivity contribution in [3.63, 3.8) is 0 Å². The number of fused-ring (bicyclic) bond motifs is 1. The molecule has 0 atom stereocenters. The van der Waals surface area contributed by atoms with Gasteiger partial charge in [-0.1, -0.05) is 11.3 Å². The lowest BCUT2D eigenvalue weighted by atomic mass is 10.1. The van der Waals surface area contributed by atoms with E-state index in [0.717, 1.165) is 54.7 Å². The third kappa shape index (κ3) is 4.56. The van der Waals surface area contributed by atoms with E-state index in [1.165, 1.54) is 12.7 Å². The van der Waals surface area contributed by atoms with Crippen LogP contribution in [0.1, 0.15) is 29.8 Å². The van der Waals surface area contributed by atoms with Gasteiger partial charge in [-0.2, -0.15) is 4.98 Å². The molecule has 36 heavy (non-hydrogen) atoms. The molecule has 0 saturated carbocycles. The molecule has 6 heterocycles. The van der Waals surface area contributed by atoms with E-state index >= 15 is 0 Å². The Morgan fingerprint density at radius 2 is 1.86 bits per heavy atom. The molecule has 0 spiro atoms. The van der Waals surface area contributed by atoms with Crippen LogP contribution < -0.4 is 20.9 Å². The summed E-state index contributed by atoms with van der Waals surface area (Å²) in [7, 11) is 0. The monoisotopic (exact) mass is 506 g/mol. The summed E-state index contributed by atoms with van der Waals surface area (Å²) >= 11 is 1.57. The van der Waals surface area contributed by atoms with Crippen molar-refractivity contribution < 1.29 is 13.9 Å². The van der Waals surface area contributed by atoms with Gasteiger partial charge in [0.05, 0.1) is 23.6 Å². The molecule has 0 bridgehead atoms. The molecule has 186 valence electrons. The second-order valence-corrected chi connectivity index (χ2v) is 9.80. The summed E-state index contributed by atoms with van der Waals surface area (Å²) in [6.45, 7) is 4.77. The Hall–Kier alpha value is -3.77. The molecule has 2 fully saturated rings. The maximum absolute atomic E-state index is 13.2. The summed E-state index contributed by atoms with van der Waals surface area (Å²) in [6, 6.07) is 5.35. The highest BCUT2D eigenvalue weighted by Gasteiger charge is 2.23. The number of nitrogen functional groups attached to an aromatic ring is 1. The maximum atomic E-state index is 13.2. The summed E-state index contributed by atoms with van der Waals surface area (Å²) in [6.07, 6.45) is 6.28. The first-order valence-electron chi connectivity index (χ1n) is 12.0. The number of nitrogens with zero attached hydrogens (tertiary/aromatic N) is 6.